The maximum atomic E-state index is 12.1. The Hall–Kier alpha value is -1.36. The van der Waals surface area contributed by atoms with Crippen LogP contribution in [0.1, 0.15) is 29.6 Å². The van der Waals surface area contributed by atoms with E-state index in [1.807, 2.05) is 11.8 Å². The summed E-state index contributed by atoms with van der Waals surface area (Å²) in [6.07, 6.45) is 3.73. The van der Waals surface area contributed by atoms with Gasteiger partial charge in [-0.15, -0.1) is 0 Å². The van der Waals surface area contributed by atoms with Gasteiger partial charge in [-0.3, -0.25) is 4.79 Å². The van der Waals surface area contributed by atoms with E-state index in [2.05, 4.69) is 5.32 Å². The highest BCUT2D eigenvalue weighted by atomic mass is 32.2. The Morgan fingerprint density at radius 1 is 1.53 bits per heavy atom. The van der Waals surface area contributed by atoms with Crippen LogP contribution in [0.25, 0.3) is 0 Å². The number of nitrogens with one attached hydrogen (secondary N) is 1. The molecular formula is C14H20N2O2S. The van der Waals surface area contributed by atoms with E-state index >= 15 is 0 Å². The predicted molar refractivity (Wildman–Crippen MR) is 79.8 cm³/mol. The number of amides is 1. The lowest BCUT2D eigenvalue weighted by atomic mass is 10.1. The molecule has 1 aromatic carbocycles. The van der Waals surface area contributed by atoms with E-state index in [0.717, 1.165) is 0 Å². The highest BCUT2D eigenvalue weighted by Crippen LogP contribution is 2.24. The van der Waals surface area contributed by atoms with Crippen molar-refractivity contribution in [3.8, 4) is 5.75 Å². The number of nitrogen functional groups attached to an aromatic ring is 1. The molecule has 104 valence electrons. The van der Waals surface area contributed by atoms with Gasteiger partial charge in [0.1, 0.15) is 5.75 Å². The Morgan fingerprint density at radius 2 is 2.37 bits per heavy atom. The van der Waals surface area contributed by atoms with Crippen LogP contribution in [-0.2, 0) is 0 Å². The number of anilines is 1. The second-order valence-corrected chi connectivity index (χ2v) is 6.06. The summed E-state index contributed by atoms with van der Waals surface area (Å²) in [4.78, 5) is 12.1. The molecule has 0 radical (unpaired) electrons. The number of hydrogen-bond acceptors (Lipinski definition) is 4. The number of benzene rings is 1. The third-order valence-electron chi connectivity index (χ3n) is 3.27. The number of nitrogens with two attached hydrogens (primary N) is 1. The fraction of sp³-hybridized carbons (Fsp3) is 0.500. The lowest BCUT2D eigenvalue weighted by molar-refractivity contribution is 0.0954. The van der Waals surface area contributed by atoms with Crippen molar-refractivity contribution in [1.29, 1.82) is 0 Å². The molecule has 1 aliphatic heterocycles. The van der Waals surface area contributed by atoms with Gasteiger partial charge in [0.2, 0.25) is 0 Å². The van der Waals surface area contributed by atoms with Crippen LogP contribution in [0.3, 0.4) is 0 Å². The monoisotopic (exact) mass is 280 g/mol. The molecular weight excluding hydrogens is 260 g/mol. The molecule has 4 nitrogen and oxygen atoms in total. The summed E-state index contributed by atoms with van der Waals surface area (Å²) in [6.45, 7) is 0.708. The second-order valence-electron chi connectivity index (χ2n) is 4.65. The summed E-state index contributed by atoms with van der Waals surface area (Å²) in [5.74, 6) is 1.72. The van der Waals surface area contributed by atoms with E-state index < -0.39 is 0 Å². The van der Waals surface area contributed by atoms with Crippen LogP contribution in [0.4, 0.5) is 5.69 Å². The molecule has 1 aliphatic rings. The number of carbonyl (C=O) groups excluding carboxylic acids is 1. The van der Waals surface area contributed by atoms with E-state index in [4.69, 9.17) is 10.5 Å². The van der Waals surface area contributed by atoms with Gasteiger partial charge in [-0.2, -0.15) is 11.8 Å². The number of ether oxygens (including phenoxy) is 1. The molecule has 1 aromatic rings. The molecule has 19 heavy (non-hydrogen) atoms. The molecule has 1 atom stereocenters. The third-order valence-corrected chi connectivity index (χ3v) is 4.67. The first-order valence-electron chi connectivity index (χ1n) is 6.54. The smallest absolute Gasteiger partial charge is 0.253 e. The second kappa shape index (κ2) is 6.70. The molecule has 0 aromatic heterocycles. The summed E-state index contributed by atoms with van der Waals surface area (Å²) in [7, 11) is 1.58. The van der Waals surface area contributed by atoms with Crippen molar-refractivity contribution >= 4 is 23.4 Å². The van der Waals surface area contributed by atoms with Gasteiger partial charge < -0.3 is 15.8 Å². The van der Waals surface area contributed by atoms with Gasteiger partial charge in [0.15, 0.2) is 0 Å². The maximum absolute atomic E-state index is 12.1. The molecule has 3 N–H and O–H groups in total. The van der Waals surface area contributed by atoms with Crippen molar-refractivity contribution in [3.05, 3.63) is 23.8 Å². The Labute approximate surface area is 118 Å². The molecule has 1 saturated heterocycles. The maximum Gasteiger partial charge on any atom is 0.253 e. The summed E-state index contributed by atoms with van der Waals surface area (Å²) >= 11 is 1.94. The van der Waals surface area contributed by atoms with Crippen molar-refractivity contribution in [1.82, 2.24) is 5.32 Å². The minimum Gasteiger partial charge on any atom is -0.497 e. The molecule has 1 fully saturated rings. The fourth-order valence-corrected chi connectivity index (χ4v) is 3.37. The molecule has 1 unspecified atom stereocenters. The van der Waals surface area contributed by atoms with Gasteiger partial charge in [0.25, 0.3) is 5.91 Å². The Morgan fingerprint density at radius 3 is 3.05 bits per heavy atom. The zero-order chi connectivity index (χ0) is 13.7. The third kappa shape index (κ3) is 3.80. The number of thioether (sulfide) groups is 1. The largest absolute Gasteiger partial charge is 0.497 e. The average Bonchev–Trinajstić information content (AvgIpc) is 2.46. The van der Waals surface area contributed by atoms with Crippen molar-refractivity contribution in [2.45, 2.75) is 24.5 Å². The van der Waals surface area contributed by atoms with Gasteiger partial charge in [0.05, 0.1) is 12.7 Å². The van der Waals surface area contributed by atoms with Crippen LogP contribution >= 0.6 is 11.8 Å². The first kappa shape index (κ1) is 14.1. The molecule has 1 amide bonds. The van der Waals surface area contributed by atoms with E-state index in [1.165, 1.54) is 25.0 Å². The molecule has 5 heteroatoms. The predicted octanol–water partition coefficient (Wildman–Crippen LogP) is 2.29. The van der Waals surface area contributed by atoms with Gasteiger partial charge in [-0.25, -0.2) is 0 Å². The molecule has 0 bridgehead atoms. The molecule has 0 aliphatic carbocycles. The first-order chi connectivity index (χ1) is 9.20. The van der Waals surface area contributed by atoms with Crippen molar-refractivity contribution in [2.75, 3.05) is 25.1 Å². The van der Waals surface area contributed by atoms with Gasteiger partial charge in [-0.05, 0) is 36.8 Å². The standard InChI is InChI=1S/C14H20N2O2S/c1-18-10-5-6-13(15)12(8-10)14(17)16-9-11-4-2-3-7-19-11/h5-6,8,11H,2-4,7,9,15H2,1H3,(H,16,17). The number of carbonyl (C=O) groups is 1. The zero-order valence-electron chi connectivity index (χ0n) is 11.1. The fourth-order valence-electron chi connectivity index (χ4n) is 2.13. The van der Waals surface area contributed by atoms with Crippen LogP contribution < -0.4 is 15.8 Å². The molecule has 1 heterocycles. The summed E-state index contributed by atoms with van der Waals surface area (Å²) < 4.78 is 5.11. The van der Waals surface area contributed by atoms with Gasteiger partial charge >= 0.3 is 0 Å². The van der Waals surface area contributed by atoms with Crippen molar-refractivity contribution < 1.29 is 9.53 Å². The highest BCUT2D eigenvalue weighted by molar-refractivity contribution is 7.99. The van der Waals surface area contributed by atoms with Crippen LogP contribution in [-0.4, -0.2) is 30.6 Å². The molecule has 0 saturated carbocycles. The minimum atomic E-state index is -0.123. The topological polar surface area (TPSA) is 64.3 Å². The summed E-state index contributed by atoms with van der Waals surface area (Å²) in [6, 6.07) is 5.13. The van der Waals surface area contributed by atoms with E-state index in [-0.39, 0.29) is 5.91 Å². The van der Waals surface area contributed by atoms with Crippen molar-refractivity contribution in [2.24, 2.45) is 0 Å². The molecule has 2 rings (SSSR count). The lowest BCUT2D eigenvalue weighted by Crippen LogP contribution is -2.32. The van der Waals surface area contributed by atoms with Crippen LogP contribution in [0.15, 0.2) is 18.2 Å². The number of rotatable bonds is 4. The minimum absolute atomic E-state index is 0.123. The van der Waals surface area contributed by atoms with Gasteiger partial charge in [-0.1, -0.05) is 6.42 Å². The summed E-state index contributed by atoms with van der Waals surface area (Å²) in [5.41, 5.74) is 6.80. The molecule has 0 spiro atoms. The zero-order valence-corrected chi connectivity index (χ0v) is 12.0. The Bertz CT molecular complexity index is 445. The Balaban J connectivity index is 1.95. The van der Waals surface area contributed by atoms with Crippen molar-refractivity contribution in [3.63, 3.8) is 0 Å². The highest BCUT2D eigenvalue weighted by Gasteiger charge is 2.16. The van der Waals surface area contributed by atoms with E-state index in [0.29, 0.717) is 28.8 Å². The van der Waals surface area contributed by atoms with E-state index in [9.17, 15) is 4.79 Å². The SMILES string of the molecule is COc1ccc(N)c(C(=O)NCC2CCCCS2)c1. The van der Waals surface area contributed by atoms with Crippen LogP contribution in [0.2, 0.25) is 0 Å². The van der Waals surface area contributed by atoms with E-state index in [1.54, 1.807) is 25.3 Å². The quantitative estimate of drug-likeness (QED) is 0.831. The average molecular weight is 280 g/mol. The first-order valence-corrected chi connectivity index (χ1v) is 7.59. The van der Waals surface area contributed by atoms with Crippen LogP contribution in [0.5, 0.6) is 5.75 Å². The van der Waals surface area contributed by atoms with Crippen LogP contribution in [0, 0.1) is 0 Å². The summed E-state index contributed by atoms with van der Waals surface area (Å²) in [5, 5.41) is 3.50. The number of methoxy groups -OCH3 is 1. The number of hydrogen-bond donors (Lipinski definition) is 2. The Kier molecular flexibility index (Phi) is 4.96. The van der Waals surface area contributed by atoms with Gasteiger partial charge in [0, 0.05) is 17.5 Å². The lowest BCUT2D eigenvalue weighted by Gasteiger charge is -2.21. The normalized spacial score (nSPS) is 18.9.